The number of rotatable bonds is 11. The fourth-order valence-corrected chi connectivity index (χ4v) is 6.02. The number of nitrogens with zero attached hydrogens (tertiary/aromatic N) is 1. The maximum Gasteiger partial charge on any atom is 0.320 e. The van der Waals surface area contributed by atoms with Crippen LogP contribution in [-0.4, -0.2) is 59.3 Å². The lowest BCUT2D eigenvalue weighted by Crippen LogP contribution is -2.55. The third kappa shape index (κ3) is 8.04. The first-order valence-corrected chi connectivity index (χ1v) is 14.9. The summed E-state index contributed by atoms with van der Waals surface area (Å²) < 4.78 is 5.52. The van der Waals surface area contributed by atoms with Gasteiger partial charge < -0.3 is 20.7 Å². The van der Waals surface area contributed by atoms with E-state index in [2.05, 4.69) is 10.6 Å². The van der Waals surface area contributed by atoms with Gasteiger partial charge in [-0.1, -0.05) is 60.7 Å². The highest BCUT2D eigenvalue weighted by Gasteiger charge is 2.41. The van der Waals surface area contributed by atoms with Crippen LogP contribution < -0.4 is 16.4 Å². The van der Waals surface area contributed by atoms with Crippen molar-refractivity contribution in [3.8, 4) is 0 Å². The van der Waals surface area contributed by atoms with Gasteiger partial charge in [-0.05, 0) is 56.9 Å². The molecule has 5 N–H and O–H groups in total. The highest BCUT2D eigenvalue weighted by molar-refractivity contribution is 7.14. The van der Waals surface area contributed by atoms with E-state index in [-0.39, 0.29) is 30.7 Å². The topological polar surface area (TPSA) is 138 Å². The Bertz CT molecular complexity index is 1350. The molecule has 0 bridgehead atoms. The first-order chi connectivity index (χ1) is 20.0. The second kappa shape index (κ2) is 13.8. The largest absolute Gasteiger partial charge is 0.459 e. The van der Waals surface area contributed by atoms with Gasteiger partial charge in [0.2, 0.25) is 11.8 Å². The molecule has 0 radical (unpaired) electrons. The number of nitrogens with two attached hydrogens (primary N) is 1. The third-order valence-corrected chi connectivity index (χ3v) is 8.12. The van der Waals surface area contributed by atoms with E-state index in [9.17, 15) is 14.4 Å². The van der Waals surface area contributed by atoms with E-state index in [0.717, 1.165) is 16.0 Å². The number of carbonyl (C=O) groups excluding carboxylic acids is 3. The van der Waals surface area contributed by atoms with Crippen molar-refractivity contribution in [3.05, 3.63) is 93.7 Å². The zero-order valence-corrected chi connectivity index (χ0v) is 25.1. The van der Waals surface area contributed by atoms with Crippen LogP contribution in [0.25, 0.3) is 0 Å². The van der Waals surface area contributed by atoms with E-state index >= 15 is 0 Å². The molecule has 0 saturated carbocycles. The minimum Gasteiger partial charge on any atom is -0.459 e. The van der Waals surface area contributed by atoms with Crippen molar-refractivity contribution in [2.75, 3.05) is 13.1 Å². The van der Waals surface area contributed by atoms with Gasteiger partial charge in [0.15, 0.2) is 0 Å². The molecular formula is C32H39N5O4S. The summed E-state index contributed by atoms with van der Waals surface area (Å²) in [5.74, 6) is -1.37. The van der Waals surface area contributed by atoms with Gasteiger partial charge in [0.05, 0.1) is 24.0 Å². The predicted octanol–water partition coefficient (Wildman–Crippen LogP) is 3.77. The molecule has 0 spiro atoms. The monoisotopic (exact) mass is 589 g/mol. The Labute approximate surface area is 251 Å². The number of amidine groups is 1. The minimum atomic E-state index is -0.828. The molecule has 2 heterocycles. The first kappa shape index (κ1) is 30.9. The van der Waals surface area contributed by atoms with Gasteiger partial charge in [0, 0.05) is 17.3 Å². The van der Waals surface area contributed by atoms with Gasteiger partial charge in [-0.3, -0.25) is 25.1 Å². The number of nitrogen functional groups attached to an aromatic ring is 1. The lowest BCUT2D eigenvalue weighted by Gasteiger charge is -2.34. The number of amides is 2. The van der Waals surface area contributed by atoms with Crippen LogP contribution in [0, 0.1) is 5.41 Å². The molecule has 222 valence electrons. The number of thiophene rings is 1. The molecule has 1 fully saturated rings. The second-order valence-corrected chi connectivity index (χ2v) is 12.5. The van der Waals surface area contributed by atoms with Crippen molar-refractivity contribution < 1.29 is 19.1 Å². The number of benzene rings is 2. The molecule has 1 aliphatic heterocycles. The van der Waals surface area contributed by atoms with Gasteiger partial charge in [-0.15, -0.1) is 11.3 Å². The van der Waals surface area contributed by atoms with Crippen LogP contribution in [0.3, 0.4) is 0 Å². The van der Waals surface area contributed by atoms with Crippen LogP contribution >= 0.6 is 11.3 Å². The average Bonchev–Trinajstić information content (AvgIpc) is 3.64. The summed E-state index contributed by atoms with van der Waals surface area (Å²) in [5.41, 5.74) is 6.74. The highest BCUT2D eigenvalue weighted by atomic mass is 32.1. The van der Waals surface area contributed by atoms with Crippen LogP contribution in [0.2, 0.25) is 0 Å². The highest BCUT2D eigenvalue weighted by Crippen LogP contribution is 2.31. The van der Waals surface area contributed by atoms with E-state index in [0.29, 0.717) is 24.3 Å². The molecule has 1 saturated heterocycles. The maximum absolute atomic E-state index is 14.4. The van der Waals surface area contributed by atoms with Crippen molar-refractivity contribution in [1.29, 1.82) is 5.41 Å². The lowest BCUT2D eigenvalue weighted by atomic mass is 9.84. The quantitative estimate of drug-likeness (QED) is 0.153. The number of nitrogens with one attached hydrogen (secondary N) is 3. The molecule has 3 aromatic rings. The summed E-state index contributed by atoms with van der Waals surface area (Å²) in [5, 5.41) is 13.8. The molecule has 2 amide bonds. The molecule has 4 rings (SSSR count). The second-order valence-electron chi connectivity index (χ2n) is 11.3. The number of carbonyl (C=O) groups is 3. The predicted molar refractivity (Wildman–Crippen MR) is 164 cm³/mol. The van der Waals surface area contributed by atoms with Crippen molar-refractivity contribution in [1.82, 2.24) is 15.5 Å². The summed E-state index contributed by atoms with van der Waals surface area (Å²) in [6.07, 6.45) is 1.23. The van der Waals surface area contributed by atoms with Crippen molar-refractivity contribution in [2.45, 2.75) is 63.8 Å². The van der Waals surface area contributed by atoms with Crippen LogP contribution in [0.1, 0.15) is 60.4 Å². The molecule has 1 aromatic heterocycles. The van der Waals surface area contributed by atoms with Crippen molar-refractivity contribution in [2.24, 2.45) is 5.73 Å². The van der Waals surface area contributed by atoms with E-state index in [1.807, 2.05) is 66.7 Å². The Hall–Kier alpha value is -4.02. The Morgan fingerprint density at radius 1 is 1.02 bits per heavy atom. The molecule has 9 nitrogen and oxygen atoms in total. The molecule has 1 aliphatic rings. The smallest absolute Gasteiger partial charge is 0.320 e. The first-order valence-electron chi connectivity index (χ1n) is 14.1. The van der Waals surface area contributed by atoms with Crippen LogP contribution in [0.4, 0.5) is 0 Å². The average molecular weight is 590 g/mol. The fourth-order valence-electron chi connectivity index (χ4n) is 5.21. The summed E-state index contributed by atoms with van der Waals surface area (Å²) in [7, 11) is 0. The van der Waals surface area contributed by atoms with Gasteiger partial charge in [0.25, 0.3) is 0 Å². The zero-order chi connectivity index (χ0) is 30.3. The Morgan fingerprint density at radius 3 is 2.19 bits per heavy atom. The molecule has 0 unspecified atom stereocenters. The normalized spacial score (nSPS) is 15.8. The van der Waals surface area contributed by atoms with Gasteiger partial charge in [-0.25, -0.2) is 0 Å². The number of ether oxygens (including phenoxy) is 1. The number of esters is 1. The number of likely N-dealkylation sites (tertiary alicyclic amines) is 1. The molecule has 0 aliphatic carbocycles. The van der Waals surface area contributed by atoms with Crippen LogP contribution in [0.5, 0.6) is 0 Å². The van der Waals surface area contributed by atoms with E-state index in [1.165, 1.54) is 11.3 Å². The lowest BCUT2D eigenvalue weighted by molar-refractivity contribution is -0.154. The number of hydrogen-bond donors (Lipinski definition) is 4. The molecule has 2 aromatic carbocycles. The fraction of sp³-hybridized carbons (Fsp3) is 0.375. The van der Waals surface area contributed by atoms with E-state index in [4.69, 9.17) is 15.9 Å². The van der Waals surface area contributed by atoms with Gasteiger partial charge in [-0.2, -0.15) is 0 Å². The van der Waals surface area contributed by atoms with Crippen molar-refractivity contribution >= 4 is 35.0 Å². The minimum absolute atomic E-state index is 0.0125. The Kier molecular flexibility index (Phi) is 10.1. The third-order valence-electron chi connectivity index (χ3n) is 7.01. The number of hydrogen-bond acceptors (Lipinski definition) is 7. The zero-order valence-electron chi connectivity index (χ0n) is 24.3. The standard InChI is InChI=1S/C32H39N5O4S/c1-32(2,3)41-26(38)20-35-28(27(21-11-6-4-7-12-21)22-13-8-5-9-14-22)31(40)37-18-10-15-24(37)30(39)36-19-23-16-17-25(42-23)29(33)34/h4-9,11-14,16-17,24,27-28,35H,10,15,18-20H2,1-3H3,(H3,33,34)(H,36,39)/t24-,28+/m0/s1. The Balaban J connectivity index is 1.59. The Morgan fingerprint density at radius 2 is 1.64 bits per heavy atom. The van der Waals surface area contributed by atoms with E-state index in [1.54, 1.807) is 31.7 Å². The summed E-state index contributed by atoms with van der Waals surface area (Å²) in [4.78, 5) is 43.7. The summed E-state index contributed by atoms with van der Waals surface area (Å²) in [6, 6.07) is 21.6. The van der Waals surface area contributed by atoms with Gasteiger partial charge >= 0.3 is 5.97 Å². The van der Waals surface area contributed by atoms with Crippen LogP contribution in [0.15, 0.2) is 72.8 Å². The molecule has 10 heteroatoms. The molecule has 42 heavy (non-hydrogen) atoms. The molecular weight excluding hydrogens is 550 g/mol. The summed E-state index contributed by atoms with van der Waals surface area (Å²) >= 11 is 1.35. The SMILES string of the molecule is CC(C)(C)OC(=O)CN[C@@H](C(=O)N1CCC[C@H]1C(=O)NCc1ccc(C(=N)N)s1)C(c1ccccc1)c1ccccc1. The maximum atomic E-state index is 14.4. The van der Waals surface area contributed by atoms with Crippen molar-refractivity contribution in [3.63, 3.8) is 0 Å². The summed E-state index contributed by atoms with van der Waals surface area (Å²) in [6.45, 7) is 5.96. The van der Waals surface area contributed by atoms with Gasteiger partial charge in [0.1, 0.15) is 17.5 Å². The van der Waals surface area contributed by atoms with Crippen LogP contribution in [-0.2, 0) is 25.7 Å². The van der Waals surface area contributed by atoms with E-state index < -0.39 is 29.6 Å². The molecule has 2 atom stereocenters.